The molecule has 84 valence electrons. The summed E-state index contributed by atoms with van der Waals surface area (Å²) in [6.45, 7) is 7.65. The van der Waals surface area contributed by atoms with Crippen molar-refractivity contribution in [1.82, 2.24) is 5.32 Å². The highest BCUT2D eigenvalue weighted by Gasteiger charge is 2.36. The van der Waals surface area contributed by atoms with E-state index in [1.165, 1.54) is 12.8 Å². The van der Waals surface area contributed by atoms with Gasteiger partial charge in [0, 0.05) is 19.2 Å². The Balaban J connectivity index is 1.92. The smallest absolute Gasteiger partial charge is 0.0700 e. The maximum absolute atomic E-state index is 5.38. The summed E-state index contributed by atoms with van der Waals surface area (Å²) >= 11 is 0. The zero-order chi connectivity index (χ0) is 10.4. The second-order valence-corrected chi connectivity index (χ2v) is 4.53. The van der Waals surface area contributed by atoms with Crippen LogP contribution >= 0.6 is 0 Å². The molecular formula is C11H23NO2. The fraction of sp³-hybridized carbons (Fsp3) is 1.00. The molecule has 1 saturated carbocycles. The zero-order valence-electron chi connectivity index (χ0n) is 9.64. The van der Waals surface area contributed by atoms with E-state index >= 15 is 0 Å². The van der Waals surface area contributed by atoms with Crippen LogP contribution in [0.1, 0.15) is 26.7 Å². The minimum Gasteiger partial charge on any atom is -0.382 e. The standard InChI is InChI=1S/C11H23NO2/c1-11(2,10-4-5-10)12-6-7-14-9-8-13-3/h10,12H,4-9H2,1-3H3. The summed E-state index contributed by atoms with van der Waals surface area (Å²) in [7, 11) is 1.69. The van der Waals surface area contributed by atoms with Gasteiger partial charge in [-0.2, -0.15) is 0 Å². The van der Waals surface area contributed by atoms with E-state index in [4.69, 9.17) is 9.47 Å². The van der Waals surface area contributed by atoms with Crippen LogP contribution in [0.15, 0.2) is 0 Å². The minimum absolute atomic E-state index is 0.296. The number of hydrogen-bond donors (Lipinski definition) is 1. The molecule has 0 spiro atoms. The summed E-state index contributed by atoms with van der Waals surface area (Å²) in [5.74, 6) is 0.876. The molecule has 1 aliphatic carbocycles. The summed E-state index contributed by atoms with van der Waals surface area (Å²) in [6, 6.07) is 0. The summed E-state index contributed by atoms with van der Waals surface area (Å²) in [4.78, 5) is 0. The molecule has 1 aliphatic rings. The van der Waals surface area contributed by atoms with E-state index in [1.807, 2.05) is 0 Å². The van der Waals surface area contributed by atoms with Gasteiger partial charge < -0.3 is 14.8 Å². The lowest BCUT2D eigenvalue weighted by Gasteiger charge is -2.26. The lowest BCUT2D eigenvalue weighted by molar-refractivity contribution is 0.0690. The maximum atomic E-state index is 5.38. The predicted octanol–water partition coefficient (Wildman–Crippen LogP) is 1.43. The predicted molar refractivity (Wildman–Crippen MR) is 57.5 cm³/mol. The Labute approximate surface area is 87.2 Å². The first-order chi connectivity index (χ1) is 6.67. The van der Waals surface area contributed by atoms with Crippen molar-refractivity contribution in [2.24, 2.45) is 5.92 Å². The lowest BCUT2D eigenvalue weighted by Crippen LogP contribution is -2.43. The molecule has 0 radical (unpaired) electrons. The van der Waals surface area contributed by atoms with Crippen LogP contribution in [0.25, 0.3) is 0 Å². The van der Waals surface area contributed by atoms with Crippen molar-refractivity contribution in [2.75, 3.05) is 33.5 Å². The van der Waals surface area contributed by atoms with E-state index in [9.17, 15) is 0 Å². The third-order valence-electron chi connectivity index (χ3n) is 2.86. The van der Waals surface area contributed by atoms with Gasteiger partial charge in [0.1, 0.15) is 0 Å². The second kappa shape index (κ2) is 5.69. The first-order valence-electron chi connectivity index (χ1n) is 5.48. The molecule has 0 aliphatic heterocycles. The average molecular weight is 201 g/mol. The molecule has 14 heavy (non-hydrogen) atoms. The quantitative estimate of drug-likeness (QED) is 0.603. The molecule has 0 heterocycles. The molecule has 3 heteroatoms. The minimum atomic E-state index is 0.296. The van der Waals surface area contributed by atoms with Crippen LogP contribution in [0.5, 0.6) is 0 Å². The van der Waals surface area contributed by atoms with Crippen LogP contribution in [0.2, 0.25) is 0 Å². The van der Waals surface area contributed by atoms with Crippen molar-refractivity contribution in [3.63, 3.8) is 0 Å². The molecule has 0 bridgehead atoms. The Hall–Kier alpha value is -0.120. The largest absolute Gasteiger partial charge is 0.382 e. The molecule has 0 amide bonds. The molecule has 0 aromatic heterocycles. The number of nitrogens with one attached hydrogen (secondary N) is 1. The van der Waals surface area contributed by atoms with Gasteiger partial charge in [-0.05, 0) is 32.6 Å². The zero-order valence-corrected chi connectivity index (χ0v) is 9.64. The highest BCUT2D eigenvalue weighted by atomic mass is 16.5. The van der Waals surface area contributed by atoms with E-state index in [2.05, 4.69) is 19.2 Å². The van der Waals surface area contributed by atoms with Crippen LogP contribution in [-0.2, 0) is 9.47 Å². The Kier molecular flexibility index (Phi) is 4.85. The number of rotatable bonds is 8. The molecule has 0 aromatic carbocycles. The van der Waals surface area contributed by atoms with E-state index in [0.717, 1.165) is 19.1 Å². The Morgan fingerprint density at radius 2 is 1.93 bits per heavy atom. The molecule has 1 N–H and O–H groups in total. The van der Waals surface area contributed by atoms with Gasteiger partial charge in [0.2, 0.25) is 0 Å². The second-order valence-electron chi connectivity index (χ2n) is 4.53. The molecular weight excluding hydrogens is 178 g/mol. The molecule has 3 nitrogen and oxygen atoms in total. The highest BCUT2D eigenvalue weighted by molar-refractivity contribution is 4.94. The van der Waals surface area contributed by atoms with Crippen molar-refractivity contribution in [1.29, 1.82) is 0 Å². The Morgan fingerprint density at radius 3 is 2.50 bits per heavy atom. The third-order valence-corrected chi connectivity index (χ3v) is 2.86. The monoisotopic (exact) mass is 201 g/mol. The van der Waals surface area contributed by atoms with Gasteiger partial charge in [-0.1, -0.05) is 0 Å². The van der Waals surface area contributed by atoms with E-state index < -0.39 is 0 Å². The van der Waals surface area contributed by atoms with Gasteiger partial charge in [0.25, 0.3) is 0 Å². The van der Waals surface area contributed by atoms with Crippen LogP contribution in [0.4, 0.5) is 0 Å². The SMILES string of the molecule is COCCOCCNC(C)(C)C1CC1. The van der Waals surface area contributed by atoms with Crippen LogP contribution in [0.3, 0.4) is 0 Å². The first kappa shape index (κ1) is 12.0. The van der Waals surface area contributed by atoms with Crippen molar-refractivity contribution in [3.05, 3.63) is 0 Å². The van der Waals surface area contributed by atoms with Crippen LogP contribution in [0, 0.1) is 5.92 Å². The van der Waals surface area contributed by atoms with Gasteiger partial charge in [0.15, 0.2) is 0 Å². The van der Waals surface area contributed by atoms with E-state index in [0.29, 0.717) is 18.8 Å². The van der Waals surface area contributed by atoms with E-state index in [1.54, 1.807) is 7.11 Å². The van der Waals surface area contributed by atoms with Gasteiger partial charge in [-0.25, -0.2) is 0 Å². The van der Waals surface area contributed by atoms with Crippen molar-refractivity contribution >= 4 is 0 Å². The van der Waals surface area contributed by atoms with Gasteiger partial charge in [-0.15, -0.1) is 0 Å². The third kappa shape index (κ3) is 4.40. The van der Waals surface area contributed by atoms with Gasteiger partial charge in [0.05, 0.1) is 19.8 Å². The molecule has 1 fully saturated rings. The van der Waals surface area contributed by atoms with Crippen molar-refractivity contribution in [2.45, 2.75) is 32.2 Å². The van der Waals surface area contributed by atoms with Gasteiger partial charge in [-0.3, -0.25) is 0 Å². The number of ether oxygens (including phenoxy) is 2. The topological polar surface area (TPSA) is 30.5 Å². The Morgan fingerprint density at radius 1 is 1.21 bits per heavy atom. The van der Waals surface area contributed by atoms with Gasteiger partial charge >= 0.3 is 0 Å². The van der Waals surface area contributed by atoms with Crippen molar-refractivity contribution in [3.8, 4) is 0 Å². The molecule has 0 aromatic rings. The molecule has 0 atom stereocenters. The molecule has 1 rings (SSSR count). The maximum Gasteiger partial charge on any atom is 0.0700 e. The van der Waals surface area contributed by atoms with E-state index in [-0.39, 0.29) is 0 Å². The summed E-state index contributed by atoms with van der Waals surface area (Å²) in [5.41, 5.74) is 0.296. The highest BCUT2D eigenvalue weighted by Crippen LogP contribution is 2.38. The normalized spacial score (nSPS) is 17.4. The average Bonchev–Trinajstić information content (AvgIpc) is 2.94. The number of hydrogen-bond acceptors (Lipinski definition) is 3. The summed E-state index contributed by atoms with van der Waals surface area (Å²) in [5, 5.41) is 3.53. The first-order valence-corrected chi connectivity index (χ1v) is 5.48. The fourth-order valence-electron chi connectivity index (χ4n) is 1.64. The fourth-order valence-corrected chi connectivity index (χ4v) is 1.64. The molecule has 0 saturated heterocycles. The molecule has 0 unspecified atom stereocenters. The summed E-state index contributed by atoms with van der Waals surface area (Å²) < 4.78 is 10.3. The van der Waals surface area contributed by atoms with Crippen molar-refractivity contribution < 1.29 is 9.47 Å². The lowest BCUT2D eigenvalue weighted by atomic mass is 9.99. The van der Waals surface area contributed by atoms with Crippen LogP contribution < -0.4 is 5.32 Å². The van der Waals surface area contributed by atoms with Crippen LogP contribution in [-0.4, -0.2) is 39.0 Å². The summed E-state index contributed by atoms with van der Waals surface area (Å²) in [6.07, 6.45) is 2.76. The number of methoxy groups -OCH3 is 1. The Bertz CT molecular complexity index is 155.